The van der Waals surface area contributed by atoms with Crippen LogP contribution < -0.4 is 11.1 Å². The molecule has 1 atom stereocenters. The lowest BCUT2D eigenvalue weighted by Crippen LogP contribution is -2.35. The van der Waals surface area contributed by atoms with Crippen LogP contribution in [0.15, 0.2) is 18.2 Å². The van der Waals surface area contributed by atoms with Gasteiger partial charge in [-0.15, -0.1) is 0 Å². The van der Waals surface area contributed by atoms with Crippen molar-refractivity contribution in [3.63, 3.8) is 0 Å². The highest BCUT2D eigenvalue weighted by Gasteiger charge is 2.16. The molecular weight excluding hydrogens is 264 g/mol. The number of nitrogens with two attached hydrogens (primary N) is 1. The molecule has 118 valence electrons. The lowest BCUT2D eigenvalue weighted by Gasteiger charge is -2.25. The topological polar surface area (TPSA) is 61.6 Å². The Morgan fingerprint density at radius 1 is 1.29 bits per heavy atom. The van der Waals surface area contributed by atoms with Crippen molar-refractivity contribution in [3.8, 4) is 0 Å². The minimum atomic E-state index is -0.0208. The number of nitrogen functional groups attached to an aromatic ring is 1. The smallest absolute Gasteiger partial charge is 0.255 e. The molecule has 5 heteroatoms. The SMILES string of the molecule is CCN(CC)CC(C)Nc1cc(N)ccc1C(=O)N(C)C. The normalized spacial score (nSPS) is 12.3. The molecule has 0 spiro atoms. The number of amides is 1. The largest absolute Gasteiger partial charge is 0.399 e. The van der Waals surface area contributed by atoms with Crippen LogP contribution in [0.25, 0.3) is 0 Å². The molecule has 1 amide bonds. The van der Waals surface area contributed by atoms with E-state index < -0.39 is 0 Å². The van der Waals surface area contributed by atoms with Crippen LogP contribution in [0.5, 0.6) is 0 Å². The number of rotatable bonds is 7. The zero-order valence-corrected chi connectivity index (χ0v) is 13.8. The first kappa shape index (κ1) is 17.3. The van der Waals surface area contributed by atoms with Gasteiger partial charge in [-0.25, -0.2) is 0 Å². The molecule has 0 fully saturated rings. The number of carbonyl (C=O) groups excluding carboxylic acids is 1. The molecule has 1 aromatic carbocycles. The van der Waals surface area contributed by atoms with Crippen molar-refractivity contribution in [2.24, 2.45) is 0 Å². The van der Waals surface area contributed by atoms with Gasteiger partial charge in [-0.05, 0) is 38.2 Å². The van der Waals surface area contributed by atoms with Crippen LogP contribution in [0.3, 0.4) is 0 Å². The van der Waals surface area contributed by atoms with E-state index in [0.29, 0.717) is 11.3 Å². The first-order chi connectivity index (χ1) is 9.88. The molecule has 0 saturated heterocycles. The van der Waals surface area contributed by atoms with Gasteiger partial charge < -0.3 is 20.9 Å². The van der Waals surface area contributed by atoms with Gasteiger partial charge in [0, 0.05) is 38.1 Å². The molecule has 0 aromatic heterocycles. The van der Waals surface area contributed by atoms with E-state index in [1.54, 1.807) is 31.1 Å². The molecule has 0 saturated carbocycles. The molecule has 21 heavy (non-hydrogen) atoms. The molecule has 0 aliphatic rings. The zero-order chi connectivity index (χ0) is 16.0. The Hall–Kier alpha value is -1.75. The van der Waals surface area contributed by atoms with Gasteiger partial charge in [0.1, 0.15) is 0 Å². The molecular formula is C16H28N4O. The summed E-state index contributed by atoms with van der Waals surface area (Å²) < 4.78 is 0. The van der Waals surface area contributed by atoms with Crippen LogP contribution >= 0.6 is 0 Å². The van der Waals surface area contributed by atoms with Crippen molar-refractivity contribution in [2.45, 2.75) is 26.8 Å². The Bertz CT molecular complexity index is 469. The van der Waals surface area contributed by atoms with E-state index in [2.05, 4.69) is 31.0 Å². The second-order valence-corrected chi connectivity index (χ2v) is 5.54. The molecule has 0 aliphatic heterocycles. The number of benzene rings is 1. The molecule has 0 bridgehead atoms. The highest BCUT2D eigenvalue weighted by molar-refractivity contribution is 6.00. The predicted octanol–water partition coefficient (Wildman–Crippen LogP) is 2.11. The Kier molecular flexibility index (Phi) is 6.49. The summed E-state index contributed by atoms with van der Waals surface area (Å²) in [5.41, 5.74) is 7.97. The van der Waals surface area contributed by atoms with Crippen molar-refractivity contribution >= 4 is 17.3 Å². The summed E-state index contributed by atoms with van der Waals surface area (Å²) in [5, 5.41) is 3.42. The van der Waals surface area contributed by atoms with Gasteiger partial charge in [0.15, 0.2) is 0 Å². The Morgan fingerprint density at radius 2 is 1.90 bits per heavy atom. The van der Waals surface area contributed by atoms with Crippen molar-refractivity contribution in [3.05, 3.63) is 23.8 Å². The van der Waals surface area contributed by atoms with Gasteiger partial charge in [-0.3, -0.25) is 4.79 Å². The fraction of sp³-hybridized carbons (Fsp3) is 0.562. The number of likely N-dealkylation sites (N-methyl/N-ethyl adjacent to an activating group) is 1. The third-order valence-corrected chi connectivity index (χ3v) is 3.51. The quantitative estimate of drug-likeness (QED) is 0.756. The number of nitrogens with one attached hydrogen (secondary N) is 1. The molecule has 0 heterocycles. The van der Waals surface area contributed by atoms with Gasteiger partial charge >= 0.3 is 0 Å². The third kappa shape index (κ3) is 4.93. The van der Waals surface area contributed by atoms with Gasteiger partial charge in [-0.1, -0.05) is 13.8 Å². The molecule has 3 N–H and O–H groups in total. The van der Waals surface area contributed by atoms with E-state index in [-0.39, 0.29) is 11.9 Å². The number of nitrogens with zero attached hydrogens (tertiary/aromatic N) is 2. The zero-order valence-electron chi connectivity index (χ0n) is 13.8. The van der Waals surface area contributed by atoms with Gasteiger partial charge in [0.05, 0.1) is 5.56 Å². The first-order valence-corrected chi connectivity index (χ1v) is 7.49. The van der Waals surface area contributed by atoms with Crippen LogP contribution in [0.1, 0.15) is 31.1 Å². The highest BCUT2D eigenvalue weighted by atomic mass is 16.2. The molecule has 5 nitrogen and oxygen atoms in total. The molecule has 1 unspecified atom stereocenters. The van der Waals surface area contributed by atoms with Crippen LogP contribution in [-0.4, -0.2) is 55.5 Å². The summed E-state index contributed by atoms with van der Waals surface area (Å²) in [5.74, 6) is -0.0208. The molecule has 1 aromatic rings. The molecule has 1 rings (SSSR count). The summed E-state index contributed by atoms with van der Waals surface area (Å²) in [6.45, 7) is 9.38. The minimum absolute atomic E-state index is 0.0208. The Balaban J connectivity index is 2.91. The van der Waals surface area contributed by atoms with E-state index in [4.69, 9.17) is 5.73 Å². The van der Waals surface area contributed by atoms with E-state index in [1.165, 1.54) is 0 Å². The average molecular weight is 292 g/mol. The van der Waals surface area contributed by atoms with E-state index in [9.17, 15) is 4.79 Å². The molecule has 0 aliphatic carbocycles. The summed E-state index contributed by atoms with van der Waals surface area (Å²) in [6, 6.07) is 5.61. The predicted molar refractivity (Wildman–Crippen MR) is 89.7 cm³/mol. The van der Waals surface area contributed by atoms with Gasteiger partial charge in [0.2, 0.25) is 0 Å². The van der Waals surface area contributed by atoms with E-state index in [1.807, 2.05) is 6.07 Å². The van der Waals surface area contributed by atoms with Gasteiger partial charge in [0.25, 0.3) is 5.91 Å². The van der Waals surface area contributed by atoms with Crippen LogP contribution in [0, 0.1) is 0 Å². The summed E-state index contributed by atoms with van der Waals surface area (Å²) in [4.78, 5) is 16.1. The monoisotopic (exact) mass is 292 g/mol. The Morgan fingerprint density at radius 3 is 2.43 bits per heavy atom. The minimum Gasteiger partial charge on any atom is -0.399 e. The maximum Gasteiger partial charge on any atom is 0.255 e. The number of hydrogen-bond acceptors (Lipinski definition) is 4. The maximum atomic E-state index is 12.2. The lowest BCUT2D eigenvalue weighted by atomic mass is 10.1. The maximum absolute atomic E-state index is 12.2. The fourth-order valence-corrected chi connectivity index (χ4v) is 2.29. The number of hydrogen-bond donors (Lipinski definition) is 2. The van der Waals surface area contributed by atoms with E-state index >= 15 is 0 Å². The van der Waals surface area contributed by atoms with Crippen molar-refractivity contribution in [1.82, 2.24) is 9.80 Å². The third-order valence-electron chi connectivity index (χ3n) is 3.51. The van der Waals surface area contributed by atoms with Crippen molar-refractivity contribution in [2.75, 3.05) is 44.8 Å². The second-order valence-electron chi connectivity index (χ2n) is 5.54. The van der Waals surface area contributed by atoms with Crippen LogP contribution in [-0.2, 0) is 0 Å². The first-order valence-electron chi connectivity index (χ1n) is 7.49. The summed E-state index contributed by atoms with van der Waals surface area (Å²) in [7, 11) is 3.50. The van der Waals surface area contributed by atoms with Gasteiger partial charge in [-0.2, -0.15) is 0 Å². The lowest BCUT2D eigenvalue weighted by molar-refractivity contribution is 0.0828. The van der Waals surface area contributed by atoms with Crippen molar-refractivity contribution < 1.29 is 4.79 Å². The fourth-order valence-electron chi connectivity index (χ4n) is 2.29. The van der Waals surface area contributed by atoms with Crippen molar-refractivity contribution in [1.29, 1.82) is 0 Å². The Labute approximate surface area is 128 Å². The standard InChI is InChI=1S/C16H28N4O/c1-6-20(7-2)11-12(3)18-15-10-13(17)8-9-14(15)16(21)19(4)5/h8-10,12,18H,6-7,11,17H2,1-5H3. The van der Waals surface area contributed by atoms with Crippen LogP contribution in [0.2, 0.25) is 0 Å². The molecule has 0 radical (unpaired) electrons. The highest BCUT2D eigenvalue weighted by Crippen LogP contribution is 2.21. The van der Waals surface area contributed by atoms with E-state index in [0.717, 1.165) is 25.3 Å². The number of anilines is 2. The second kappa shape index (κ2) is 7.88. The average Bonchev–Trinajstić information content (AvgIpc) is 2.44. The number of carbonyl (C=O) groups is 1. The summed E-state index contributed by atoms with van der Waals surface area (Å²) in [6.07, 6.45) is 0. The van der Waals surface area contributed by atoms with Crippen LogP contribution in [0.4, 0.5) is 11.4 Å². The summed E-state index contributed by atoms with van der Waals surface area (Å²) >= 11 is 0.